The van der Waals surface area contributed by atoms with Gasteiger partial charge in [0.15, 0.2) is 11.6 Å². The SMILES string of the molecule is O=C(CN1CC2COCCN2c2nc(-c3cccc(OC(F)F)c3)ncc21)NCC1CCOCC1. The van der Waals surface area contributed by atoms with Crippen molar-refractivity contribution in [1.82, 2.24) is 15.3 Å². The Labute approximate surface area is 202 Å². The standard InChI is InChI=1S/C24H29F2N5O4/c25-24(26)35-19-3-1-2-17(10-19)22-28-12-20-23(29-22)31-6-9-34-15-18(31)13-30(20)14-21(32)27-11-16-4-7-33-8-5-16/h1-3,10,12,16,18,24H,4-9,11,13-15H2,(H,27,32). The Kier molecular flexibility index (Phi) is 7.24. The monoisotopic (exact) mass is 489 g/mol. The number of hydrogen-bond acceptors (Lipinski definition) is 8. The second-order valence-corrected chi connectivity index (χ2v) is 8.97. The molecule has 188 valence electrons. The zero-order valence-electron chi connectivity index (χ0n) is 19.4. The van der Waals surface area contributed by atoms with E-state index in [2.05, 4.69) is 19.9 Å². The van der Waals surface area contributed by atoms with Crippen LogP contribution in [0.4, 0.5) is 20.3 Å². The van der Waals surface area contributed by atoms with E-state index in [0.29, 0.717) is 56.0 Å². The van der Waals surface area contributed by atoms with E-state index in [1.807, 2.05) is 4.90 Å². The lowest BCUT2D eigenvalue weighted by Gasteiger charge is -2.45. The molecule has 2 aromatic rings. The van der Waals surface area contributed by atoms with E-state index in [4.69, 9.17) is 14.5 Å². The number of carbonyl (C=O) groups excluding carboxylic acids is 1. The van der Waals surface area contributed by atoms with Crippen LogP contribution in [0.25, 0.3) is 11.4 Å². The van der Waals surface area contributed by atoms with Crippen LogP contribution in [0.15, 0.2) is 30.5 Å². The zero-order valence-corrected chi connectivity index (χ0v) is 19.4. The summed E-state index contributed by atoms with van der Waals surface area (Å²) < 4.78 is 40.9. The molecule has 0 saturated carbocycles. The van der Waals surface area contributed by atoms with Gasteiger partial charge in [-0.25, -0.2) is 9.97 Å². The van der Waals surface area contributed by atoms with E-state index in [-0.39, 0.29) is 24.2 Å². The molecule has 1 aromatic heterocycles. The topological polar surface area (TPSA) is 89.1 Å². The lowest BCUT2D eigenvalue weighted by molar-refractivity contribution is -0.120. The van der Waals surface area contributed by atoms with Gasteiger partial charge in [0.2, 0.25) is 5.91 Å². The highest BCUT2D eigenvalue weighted by Gasteiger charge is 2.35. The molecule has 0 radical (unpaired) electrons. The first kappa shape index (κ1) is 23.7. The van der Waals surface area contributed by atoms with Crippen molar-refractivity contribution in [3.63, 3.8) is 0 Å². The summed E-state index contributed by atoms with van der Waals surface area (Å²) in [5.74, 6) is 1.56. The third kappa shape index (κ3) is 5.62. The summed E-state index contributed by atoms with van der Waals surface area (Å²) in [4.78, 5) is 26.3. The summed E-state index contributed by atoms with van der Waals surface area (Å²) in [6.45, 7) is 1.84. The minimum Gasteiger partial charge on any atom is -0.435 e. The Morgan fingerprint density at radius 2 is 2.09 bits per heavy atom. The lowest BCUT2D eigenvalue weighted by atomic mass is 10.0. The van der Waals surface area contributed by atoms with Crippen molar-refractivity contribution in [2.45, 2.75) is 25.5 Å². The van der Waals surface area contributed by atoms with E-state index in [0.717, 1.165) is 31.7 Å². The quantitative estimate of drug-likeness (QED) is 0.634. The number of alkyl halides is 2. The molecule has 2 saturated heterocycles. The van der Waals surface area contributed by atoms with Crippen molar-refractivity contribution in [3.8, 4) is 17.1 Å². The summed E-state index contributed by atoms with van der Waals surface area (Å²) in [6.07, 6.45) is 3.62. The van der Waals surface area contributed by atoms with Gasteiger partial charge in [-0.05, 0) is 30.9 Å². The van der Waals surface area contributed by atoms with Gasteiger partial charge in [-0.15, -0.1) is 0 Å². The van der Waals surface area contributed by atoms with Gasteiger partial charge < -0.3 is 29.3 Å². The second-order valence-electron chi connectivity index (χ2n) is 8.97. The van der Waals surface area contributed by atoms with Crippen LogP contribution in [0.5, 0.6) is 5.75 Å². The highest BCUT2D eigenvalue weighted by atomic mass is 19.3. The normalized spacial score (nSPS) is 20.4. The molecule has 1 unspecified atom stereocenters. The van der Waals surface area contributed by atoms with E-state index >= 15 is 0 Å². The number of carbonyl (C=O) groups is 1. The highest BCUT2D eigenvalue weighted by molar-refractivity contribution is 5.84. The number of aromatic nitrogens is 2. The molecule has 11 heteroatoms. The summed E-state index contributed by atoms with van der Waals surface area (Å²) >= 11 is 0. The predicted molar refractivity (Wildman–Crippen MR) is 125 cm³/mol. The highest BCUT2D eigenvalue weighted by Crippen LogP contribution is 2.36. The van der Waals surface area contributed by atoms with Crippen LogP contribution < -0.4 is 19.9 Å². The largest absolute Gasteiger partial charge is 0.435 e. The maximum atomic E-state index is 12.8. The van der Waals surface area contributed by atoms with Crippen molar-refractivity contribution >= 4 is 17.4 Å². The number of anilines is 2. The number of hydrogen-bond donors (Lipinski definition) is 1. The predicted octanol–water partition coefficient (Wildman–Crippen LogP) is 2.31. The van der Waals surface area contributed by atoms with E-state index < -0.39 is 6.61 Å². The number of morpholine rings is 1. The van der Waals surface area contributed by atoms with Crippen molar-refractivity contribution < 1.29 is 27.8 Å². The third-order valence-corrected chi connectivity index (χ3v) is 6.60. The van der Waals surface area contributed by atoms with E-state index in [1.54, 1.807) is 18.3 Å². The zero-order chi connectivity index (χ0) is 24.2. The molecule has 9 nitrogen and oxygen atoms in total. The molecule has 3 aliphatic rings. The molecule has 1 atom stereocenters. The minimum absolute atomic E-state index is 0.0471. The summed E-state index contributed by atoms with van der Waals surface area (Å²) in [5.41, 5.74) is 1.34. The molecular formula is C24H29F2N5O4. The fourth-order valence-electron chi connectivity index (χ4n) is 4.78. The van der Waals surface area contributed by atoms with Gasteiger partial charge in [0.05, 0.1) is 37.7 Å². The number of ether oxygens (including phenoxy) is 3. The molecule has 0 spiro atoms. The number of nitrogens with zero attached hydrogens (tertiary/aromatic N) is 4. The van der Waals surface area contributed by atoms with Gasteiger partial charge in [0.1, 0.15) is 5.75 Å². The van der Waals surface area contributed by atoms with Crippen molar-refractivity contribution in [1.29, 1.82) is 0 Å². The van der Waals surface area contributed by atoms with Crippen LogP contribution in [0.3, 0.4) is 0 Å². The van der Waals surface area contributed by atoms with Gasteiger partial charge in [-0.3, -0.25) is 4.79 Å². The van der Waals surface area contributed by atoms with Crippen molar-refractivity contribution in [2.24, 2.45) is 5.92 Å². The number of rotatable bonds is 7. The van der Waals surface area contributed by atoms with Crippen LogP contribution >= 0.6 is 0 Å². The van der Waals surface area contributed by atoms with Gasteiger partial charge in [-0.2, -0.15) is 8.78 Å². The first-order valence-electron chi connectivity index (χ1n) is 11.9. The van der Waals surface area contributed by atoms with Crippen LogP contribution in [0.1, 0.15) is 12.8 Å². The Bertz CT molecular complexity index is 1040. The molecule has 1 aromatic carbocycles. The van der Waals surface area contributed by atoms with E-state index in [9.17, 15) is 13.6 Å². The maximum absolute atomic E-state index is 12.8. The molecular weight excluding hydrogens is 460 g/mol. The summed E-state index contributed by atoms with van der Waals surface area (Å²) in [6, 6.07) is 6.39. The Morgan fingerprint density at radius 3 is 2.91 bits per heavy atom. The Morgan fingerprint density at radius 1 is 1.23 bits per heavy atom. The number of halogens is 2. The van der Waals surface area contributed by atoms with E-state index in [1.165, 1.54) is 12.1 Å². The van der Waals surface area contributed by atoms with Gasteiger partial charge in [0.25, 0.3) is 0 Å². The number of amides is 1. The van der Waals surface area contributed by atoms with Crippen molar-refractivity contribution in [2.75, 3.05) is 62.4 Å². The minimum atomic E-state index is -2.91. The molecule has 35 heavy (non-hydrogen) atoms. The molecule has 2 fully saturated rings. The molecule has 4 heterocycles. The summed E-state index contributed by atoms with van der Waals surface area (Å²) in [7, 11) is 0. The molecule has 0 aliphatic carbocycles. The molecule has 3 aliphatic heterocycles. The van der Waals surface area contributed by atoms with Crippen LogP contribution in [0.2, 0.25) is 0 Å². The van der Waals surface area contributed by atoms with Gasteiger partial charge >= 0.3 is 6.61 Å². The third-order valence-electron chi connectivity index (χ3n) is 6.60. The Balaban J connectivity index is 1.35. The molecule has 0 bridgehead atoms. The number of benzene rings is 1. The van der Waals surface area contributed by atoms with Crippen LogP contribution in [-0.4, -0.2) is 81.1 Å². The number of nitrogens with one attached hydrogen (secondary N) is 1. The van der Waals surface area contributed by atoms with Gasteiger partial charge in [0, 0.05) is 38.4 Å². The summed E-state index contributed by atoms with van der Waals surface area (Å²) in [5, 5.41) is 3.06. The molecule has 1 amide bonds. The molecule has 5 rings (SSSR count). The second kappa shape index (κ2) is 10.7. The van der Waals surface area contributed by atoms with Crippen LogP contribution in [0, 0.1) is 5.92 Å². The van der Waals surface area contributed by atoms with Crippen molar-refractivity contribution in [3.05, 3.63) is 30.5 Å². The fourth-order valence-corrected chi connectivity index (χ4v) is 4.78. The maximum Gasteiger partial charge on any atom is 0.387 e. The van der Waals surface area contributed by atoms with Crippen LogP contribution in [-0.2, 0) is 14.3 Å². The first-order chi connectivity index (χ1) is 17.1. The first-order valence-corrected chi connectivity index (χ1v) is 11.9. The smallest absolute Gasteiger partial charge is 0.387 e. The molecule has 1 N–H and O–H groups in total. The Hall–Kier alpha value is -3.05. The number of fused-ring (bicyclic) bond motifs is 3. The average molecular weight is 490 g/mol. The average Bonchev–Trinajstić information content (AvgIpc) is 2.88. The fraction of sp³-hybridized carbons (Fsp3) is 0.542. The lowest BCUT2D eigenvalue weighted by Crippen LogP contribution is -2.57. The van der Waals surface area contributed by atoms with Gasteiger partial charge in [-0.1, -0.05) is 12.1 Å².